The second-order valence-corrected chi connectivity index (χ2v) is 5.48. The van der Waals surface area contributed by atoms with Crippen LogP contribution in [0.15, 0.2) is 41.5 Å². The number of methoxy groups -OCH3 is 2. The van der Waals surface area contributed by atoms with Gasteiger partial charge in [-0.1, -0.05) is 0 Å². The van der Waals surface area contributed by atoms with Crippen molar-refractivity contribution in [2.45, 2.75) is 6.92 Å². The third-order valence-electron chi connectivity index (χ3n) is 3.57. The van der Waals surface area contributed by atoms with Crippen molar-refractivity contribution in [2.75, 3.05) is 19.5 Å². The molecule has 10 heteroatoms. The lowest BCUT2D eigenvalue weighted by Gasteiger charge is -2.08. The maximum absolute atomic E-state index is 12.1. The Hall–Kier alpha value is -3.95. The maximum Gasteiger partial charge on any atom is 0.282 e. The second-order valence-electron chi connectivity index (χ2n) is 5.48. The fraction of sp³-hybridized carbons (Fsp3) is 0.167. The number of rotatable bonds is 7. The molecule has 10 nitrogen and oxygen atoms in total. The van der Waals surface area contributed by atoms with Crippen molar-refractivity contribution >= 4 is 29.4 Å². The molecule has 2 amide bonds. The highest BCUT2D eigenvalue weighted by Crippen LogP contribution is 2.33. The summed E-state index contributed by atoms with van der Waals surface area (Å²) in [6.45, 7) is 1.38. The van der Waals surface area contributed by atoms with E-state index in [9.17, 15) is 19.7 Å². The minimum Gasteiger partial charge on any atom is -0.493 e. The van der Waals surface area contributed by atoms with Crippen LogP contribution in [0.4, 0.5) is 11.4 Å². The van der Waals surface area contributed by atoms with E-state index < -0.39 is 10.8 Å². The van der Waals surface area contributed by atoms with Crippen LogP contribution in [0, 0.1) is 10.1 Å². The number of anilines is 1. The highest BCUT2D eigenvalue weighted by Gasteiger charge is 2.18. The molecule has 0 atom stereocenters. The third kappa shape index (κ3) is 5.04. The van der Waals surface area contributed by atoms with E-state index in [1.807, 2.05) is 0 Å². The van der Waals surface area contributed by atoms with Gasteiger partial charge in [-0.05, 0) is 30.3 Å². The van der Waals surface area contributed by atoms with Gasteiger partial charge >= 0.3 is 0 Å². The zero-order valence-electron chi connectivity index (χ0n) is 15.4. The van der Waals surface area contributed by atoms with Crippen molar-refractivity contribution in [2.24, 2.45) is 5.10 Å². The molecule has 0 aliphatic rings. The van der Waals surface area contributed by atoms with Crippen molar-refractivity contribution in [3.05, 3.63) is 57.6 Å². The number of carbonyl (C=O) groups is 2. The van der Waals surface area contributed by atoms with Crippen molar-refractivity contribution in [1.29, 1.82) is 0 Å². The second kappa shape index (κ2) is 9.12. The predicted octanol–water partition coefficient (Wildman–Crippen LogP) is 2.33. The number of nitrogens with one attached hydrogen (secondary N) is 2. The Morgan fingerprint density at radius 2 is 1.71 bits per heavy atom. The Kier molecular flexibility index (Phi) is 6.63. The molecule has 2 N–H and O–H groups in total. The summed E-state index contributed by atoms with van der Waals surface area (Å²) in [6, 6.07) is 8.75. The summed E-state index contributed by atoms with van der Waals surface area (Å²) in [6.07, 6.45) is 1.14. The largest absolute Gasteiger partial charge is 0.493 e. The number of ether oxygens (including phenoxy) is 2. The van der Waals surface area contributed by atoms with Gasteiger partial charge in [-0.25, -0.2) is 5.43 Å². The molecule has 2 aromatic rings. The molecule has 2 aromatic carbocycles. The van der Waals surface area contributed by atoms with Gasteiger partial charge < -0.3 is 14.8 Å². The number of nitro benzene ring substituents is 1. The molecule has 0 unspecified atom stereocenters. The number of nitrogens with zero attached hydrogens (tertiary/aromatic N) is 2. The third-order valence-corrected chi connectivity index (χ3v) is 3.57. The molecular formula is C18H18N4O6. The SMILES string of the molecule is COc1cc(/C=N\NC(=O)c2ccc(NC(C)=O)cc2)c([N+](=O)[O-])cc1OC. The standard InChI is InChI=1S/C18H18N4O6/c1-11(23)20-14-6-4-12(5-7-14)18(24)21-19-10-13-8-16(27-2)17(28-3)9-15(13)22(25)26/h4-10H,1-3H3,(H,20,23)(H,21,24)/b19-10-. The fourth-order valence-electron chi connectivity index (χ4n) is 2.28. The van der Waals surface area contributed by atoms with Gasteiger partial charge in [0.05, 0.1) is 37.0 Å². The van der Waals surface area contributed by atoms with Crippen LogP contribution < -0.4 is 20.2 Å². The van der Waals surface area contributed by atoms with Crippen LogP contribution in [0.25, 0.3) is 0 Å². The topological polar surface area (TPSA) is 132 Å². The molecule has 0 aromatic heterocycles. The first-order chi connectivity index (χ1) is 13.3. The van der Waals surface area contributed by atoms with E-state index in [0.717, 1.165) is 6.21 Å². The van der Waals surface area contributed by atoms with Crippen LogP contribution >= 0.6 is 0 Å². The van der Waals surface area contributed by atoms with Crippen LogP contribution in [0.2, 0.25) is 0 Å². The summed E-state index contributed by atoms with van der Waals surface area (Å²) in [7, 11) is 2.77. The van der Waals surface area contributed by atoms with E-state index in [1.165, 1.54) is 45.4 Å². The first kappa shape index (κ1) is 20.4. The van der Waals surface area contributed by atoms with Crippen molar-refractivity contribution < 1.29 is 24.0 Å². The lowest BCUT2D eigenvalue weighted by molar-refractivity contribution is -0.385. The summed E-state index contributed by atoms with van der Waals surface area (Å²) in [5.74, 6) is -0.254. The average molecular weight is 386 g/mol. The number of carbonyl (C=O) groups excluding carboxylic acids is 2. The van der Waals surface area contributed by atoms with Crippen LogP contribution in [-0.4, -0.2) is 37.2 Å². The van der Waals surface area contributed by atoms with Crippen molar-refractivity contribution in [3.8, 4) is 11.5 Å². The summed E-state index contributed by atoms with van der Waals surface area (Å²) in [5.41, 5.74) is 3.01. The van der Waals surface area contributed by atoms with Crippen LogP contribution in [0.3, 0.4) is 0 Å². The monoisotopic (exact) mass is 386 g/mol. The van der Waals surface area contributed by atoms with Gasteiger partial charge in [0.2, 0.25) is 5.91 Å². The molecule has 0 fully saturated rings. The molecule has 0 saturated heterocycles. The molecule has 0 bridgehead atoms. The first-order valence-corrected chi connectivity index (χ1v) is 7.97. The van der Waals surface area contributed by atoms with Gasteiger partial charge in [0, 0.05) is 18.2 Å². The molecule has 0 spiro atoms. The molecule has 0 heterocycles. The molecule has 28 heavy (non-hydrogen) atoms. The van der Waals surface area contributed by atoms with Crippen LogP contribution in [0.5, 0.6) is 11.5 Å². The summed E-state index contributed by atoms with van der Waals surface area (Å²) >= 11 is 0. The normalized spacial score (nSPS) is 10.4. The number of hydrogen-bond donors (Lipinski definition) is 2. The highest BCUT2D eigenvalue weighted by molar-refractivity contribution is 5.96. The number of hydrogen-bond acceptors (Lipinski definition) is 7. The Balaban J connectivity index is 2.16. The summed E-state index contributed by atoms with van der Waals surface area (Å²) in [4.78, 5) is 33.8. The van der Waals surface area contributed by atoms with Gasteiger partial charge in [-0.15, -0.1) is 0 Å². The summed E-state index contributed by atoms with van der Waals surface area (Å²) in [5, 5.41) is 17.6. The summed E-state index contributed by atoms with van der Waals surface area (Å²) < 4.78 is 10.2. The molecule has 0 aliphatic heterocycles. The molecule has 0 saturated carbocycles. The number of amides is 2. The number of benzene rings is 2. The quantitative estimate of drug-likeness (QED) is 0.426. The van der Waals surface area contributed by atoms with E-state index in [1.54, 1.807) is 12.1 Å². The highest BCUT2D eigenvalue weighted by atomic mass is 16.6. The van der Waals surface area contributed by atoms with E-state index in [0.29, 0.717) is 11.3 Å². The van der Waals surface area contributed by atoms with E-state index >= 15 is 0 Å². The Bertz CT molecular complexity index is 924. The smallest absolute Gasteiger partial charge is 0.282 e. The Morgan fingerprint density at radius 3 is 2.25 bits per heavy atom. The van der Waals surface area contributed by atoms with Gasteiger partial charge in [0.1, 0.15) is 0 Å². The number of nitro groups is 1. The van der Waals surface area contributed by atoms with Crippen molar-refractivity contribution in [3.63, 3.8) is 0 Å². The van der Waals surface area contributed by atoms with E-state index in [2.05, 4.69) is 15.8 Å². The number of hydrazone groups is 1. The maximum atomic E-state index is 12.1. The minimum absolute atomic E-state index is 0.129. The van der Waals surface area contributed by atoms with E-state index in [-0.39, 0.29) is 28.7 Å². The van der Waals surface area contributed by atoms with Gasteiger partial charge in [0.15, 0.2) is 11.5 Å². The molecule has 146 valence electrons. The molecule has 2 rings (SSSR count). The molecular weight excluding hydrogens is 368 g/mol. The Labute approximate surface area is 160 Å². The average Bonchev–Trinajstić information content (AvgIpc) is 2.67. The zero-order chi connectivity index (χ0) is 20.7. The zero-order valence-corrected chi connectivity index (χ0v) is 15.4. The van der Waals surface area contributed by atoms with Crippen LogP contribution in [-0.2, 0) is 4.79 Å². The van der Waals surface area contributed by atoms with E-state index in [4.69, 9.17) is 9.47 Å². The lowest BCUT2D eigenvalue weighted by atomic mass is 10.1. The Morgan fingerprint density at radius 1 is 1.11 bits per heavy atom. The van der Waals surface area contributed by atoms with Gasteiger partial charge in [-0.2, -0.15) is 5.10 Å². The fourth-order valence-corrected chi connectivity index (χ4v) is 2.28. The minimum atomic E-state index is -0.591. The predicted molar refractivity (Wildman–Crippen MR) is 102 cm³/mol. The lowest BCUT2D eigenvalue weighted by Crippen LogP contribution is -2.17. The van der Waals surface area contributed by atoms with Crippen molar-refractivity contribution in [1.82, 2.24) is 5.43 Å². The first-order valence-electron chi connectivity index (χ1n) is 7.97. The van der Waals surface area contributed by atoms with Gasteiger partial charge in [-0.3, -0.25) is 19.7 Å². The molecule has 0 aliphatic carbocycles. The van der Waals surface area contributed by atoms with Gasteiger partial charge in [0.25, 0.3) is 11.6 Å². The molecule has 0 radical (unpaired) electrons. The van der Waals surface area contributed by atoms with Crippen LogP contribution in [0.1, 0.15) is 22.8 Å².